The molecule has 2 aromatic rings. The maximum Gasteiger partial charge on any atom is 0.264 e. The summed E-state index contributed by atoms with van der Waals surface area (Å²) < 4.78 is 14.0. The second-order valence-corrected chi connectivity index (χ2v) is 10.6. The Balaban J connectivity index is 1.37. The van der Waals surface area contributed by atoms with Crippen LogP contribution in [0.3, 0.4) is 0 Å². The highest BCUT2D eigenvalue weighted by Gasteiger charge is 2.27. The van der Waals surface area contributed by atoms with Crippen molar-refractivity contribution in [3.63, 3.8) is 0 Å². The van der Waals surface area contributed by atoms with Crippen LogP contribution < -0.4 is 10.2 Å². The van der Waals surface area contributed by atoms with E-state index in [0.717, 1.165) is 42.8 Å². The minimum atomic E-state index is -0.367. The number of likely N-dealkylation sites (N-methyl/N-ethyl adjacent to an activating group) is 1. The smallest absolute Gasteiger partial charge is 0.264 e. The van der Waals surface area contributed by atoms with Crippen molar-refractivity contribution in [3.05, 3.63) is 64.3 Å². The van der Waals surface area contributed by atoms with Crippen molar-refractivity contribution >= 4 is 35.3 Å². The fourth-order valence-electron chi connectivity index (χ4n) is 4.85. The number of carbonyl (C=O) groups is 2. The van der Waals surface area contributed by atoms with Crippen LogP contribution in [0, 0.1) is 17.7 Å². The first-order chi connectivity index (χ1) is 16.3. The normalized spacial score (nSPS) is 22.1. The molecule has 7 heteroatoms. The number of carbonyl (C=O) groups excluding carboxylic acids is 2. The number of likely N-dealkylation sites (tertiary alicyclic amines) is 1. The van der Waals surface area contributed by atoms with Crippen LogP contribution in [0.25, 0.3) is 6.08 Å². The lowest BCUT2D eigenvalue weighted by molar-refractivity contribution is -0.114. The Hall–Kier alpha value is -2.64. The van der Waals surface area contributed by atoms with Gasteiger partial charge in [0.05, 0.1) is 10.6 Å². The molecule has 0 aliphatic carbocycles. The van der Waals surface area contributed by atoms with E-state index in [0.29, 0.717) is 28.3 Å². The Morgan fingerprint density at radius 2 is 1.91 bits per heavy atom. The van der Waals surface area contributed by atoms with E-state index in [2.05, 4.69) is 24.1 Å². The van der Waals surface area contributed by atoms with Gasteiger partial charge in [-0.2, -0.15) is 0 Å². The van der Waals surface area contributed by atoms with Gasteiger partial charge in [-0.1, -0.05) is 43.8 Å². The minimum absolute atomic E-state index is 0.137. The van der Waals surface area contributed by atoms with Gasteiger partial charge in [0.15, 0.2) is 0 Å². The van der Waals surface area contributed by atoms with Crippen LogP contribution in [0.2, 0.25) is 0 Å². The molecule has 2 amide bonds. The molecule has 180 valence electrons. The van der Waals surface area contributed by atoms with Crippen LogP contribution in [0.4, 0.5) is 10.1 Å². The zero-order chi connectivity index (χ0) is 24.2. The van der Waals surface area contributed by atoms with Gasteiger partial charge in [-0.05, 0) is 61.6 Å². The van der Waals surface area contributed by atoms with Crippen molar-refractivity contribution in [1.82, 2.24) is 10.2 Å². The molecular weight excluding hydrogens is 449 g/mol. The van der Waals surface area contributed by atoms with E-state index in [1.165, 1.54) is 29.1 Å². The molecule has 34 heavy (non-hydrogen) atoms. The van der Waals surface area contributed by atoms with Crippen LogP contribution in [-0.2, 0) is 4.79 Å². The molecule has 4 rings (SSSR count). The number of amides is 2. The lowest BCUT2D eigenvalue weighted by Gasteiger charge is -2.34. The Kier molecular flexibility index (Phi) is 7.73. The number of piperidine rings is 1. The largest absolute Gasteiger partial charge is 0.352 e. The quantitative estimate of drug-likeness (QED) is 0.464. The van der Waals surface area contributed by atoms with Gasteiger partial charge >= 0.3 is 0 Å². The van der Waals surface area contributed by atoms with Crippen LogP contribution in [0.15, 0.2) is 52.3 Å². The number of halogens is 1. The molecule has 2 atom stereocenters. The molecule has 1 fully saturated rings. The molecular formula is C27H32FN3O2S. The van der Waals surface area contributed by atoms with Crippen LogP contribution in [-0.4, -0.2) is 49.9 Å². The molecule has 2 aliphatic heterocycles. The number of rotatable bonds is 6. The number of nitrogens with zero attached hydrogens (tertiary/aromatic N) is 2. The molecule has 2 aliphatic rings. The van der Waals surface area contributed by atoms with Crippen LogP contribution in [0.1, 0.15) is 42.6 Å². The van der Waals surface area contributed by atoms with Gasteiger partial charge in [0, 0.05) is 42.7 Å². The van der Waals surface area contributed by atoms with Gasteiger partial charge < -0.3 is 15.1 Å². The maximum atomic E-state index is 14.0. The van der Waals surface area contributed by atoms with Crippen molar-refractivity contribution in [2.75, 3.05) is 38.1 Å². The highest BCUT2D eigenvalue weighted by atomic mass is 32.2. The molecule has 5 nitrogen and oxygen atoms in total. The Labute approximate surface area is 205 Å². The van der Waals surface area contributed by atoms with Gasteiger partial charge in [-0.15, -0.1) is 0 Å². The van der Waals surface area contributed by atoms with Gasteiger partial charge in [0.1, 0.15) is 5.82 Å². The molecule has 0 saturated carbocycles. The summed E-state index contributed by atoms with van der Waals surface area (Å²) >= 11 is 1.30. The standard InChI is InChI=1S/C27H32FN3O2S/c1-18-13-19(2)17-31(16-18)12-6-11-29-26(32)21-9-10-24-23(14-21)30(3)27(33)25(34-24)15-20-7-4-5-8-22(20)28/h4-5,7-10,14-15,18-19H,6,11-13,16-17H2,1-3H3,(H,29,32)/b25-15-/t18-,19-/m0/s1. The molecule has 2 heterocycles. The second-order valence-electron chi connectivity index (χ2n) is 9.49. The van der Waals surface area contributed by atoms with Crippen LogP contribution in [0.5, 0.6) is 0 Å². The summed E-state index contributed by atoms with van der Waals surface area (Å²) in [7, 11) is 1.68. The average Bonchev–Trinajstić information content (AvgIpc) is 2.80. The molecule has 0 unspecified atom stereocenters. The van der Waals surface area contributed by atoms with Gasteiger partial charge in [-0.25, -0.2) is 4.39 Å². The molecule has 1 saturated heterocycles. The van der Waals surface area contributed by atoms with E-state index in [1.54, 1.807) is 43.5 Å². The van der Waals surface area contributed by atoms with Crippen molar-refractivity contribution < 1.29 is 14.0 Å². The number of hydrogen-bond acceptors (Lipinski definition) is 4. The summed E-state index contributed by atoms with van der Waals surface area (Å²) in [5.41, 5.74) is 1.59. The van der Waals surface area contributed by atoms with E-state index in [4.69, 9.17) is 0 Å². The van der Waals surface area contributed by atoms with E-state index < -0.39 is 0 Å². The van der Waals surface area contributed by atoms with Gasteiger partial charge in [-0.3, -0.25) is 9.59 Å². The predicted molar refractivity (Wildman–Crippen MR) is 136 cm³/mol. The summed E-state index contributed by atoms with van der Waals surface area (Å²) in [5, 5.41) is 3.01. The molecule has 0 spiro atoms. The first-order valence-corrected chi connectivity index (χ1v) is 12.7. The third kappa shape index (κ3) is 5.70. The second kappa shape index (κ2) is 10.7. The molecule has 0 aromatic heterocycles. The first-order valence-electron chi connectivity index (χ1n) is 11.9. The highest BCUT2D eigenvalue weighted by molar-refractivity contribution is 8.04. The van der Waals surface area contributed by atoms with Crippen molar-refractivity contribution in [3.8, 4) is 0 Å². The van der Waals surface area contributed by atoms with Crippen molar-refractivity contribution in [1.29, 1.82) is 0 Å². The summed E-state index contributed by atoms with van der Waals surface area (Å²) in [6, 6.07) is 11.8. The van der Waals surface area contributed by atoms with E-state index in [-0.39, 0.29) is 17.6 Å². The summed E-state index contributed by atoms with van der Waals surface area (Å²) in [4.78, 5) is 30.9. The lowest BCUT2D eigenvalue weighted by atomic mass is 9.92. The highest BCUT2D eigenvalue weighted by Crippen LogP contribution is 2.42. The first kappa shape index (κ1) is 24.5. The number of fused-ring (bicyclic) bond motifs is 1. The van der Waals surface area contributed by atoms with E-state index in [9.17, 15) is 14.0 Å². The van der Waals surface area contributed by atoms with Gasteiger partial charge in [0.2, 0.25) is 0 Å². The molecule has 2 aromatic carbocycles. The van der Waals surface area contributed by atoms with E-state index >= 15 is 0 Å². The summed E-state index contributed by atoms with van der Waals surface area (Å²) in [6.45, 7) is 8.49. The minimum Gasteiger partial charge on any atom is -0.352 e. The summed E-state index contributed by atoms with van der Waals surface area (Å²) in [6.07, 6.45) is 3.78. The third-order valence-corrected chi connectivity index (χ3v) is 7.47. The number of nitrogens with one attached hydrogen (secondary N) is 1. The Morgan fingerprint density at radius 1 is 1.18 bits per heavy atom. The maximum absolute atomic E-state index is 14.0. The number of anilines is 1. The van der Waals surface area contributed by atoms with Gasteiger partial charge in [0.25, 0.3) is 11.8 Å². The fourth-order valence-corrected chi connectivity index (χ4v) is 5.93. The zero-order valence-electron chi connectivity index (χ0n) is 20.0. The topological polar surface area (TPSA) is 52.7 Å². The number of hydrogen-bond donors (Lipinski definition) is 1. The average molecular weight is 482 g/mol. The lowest BCUT2D eigenvalue weighted by Crippen LogP contribution is -2.40. The van der Waals surface area contributed by atoms with Crippen LogP contribution >= 0.6 is 11.8 Å². The van der Waals surface area contributed by atoms with E-state index in [1.807, 2.05) is 6.07 Å². The van der Waals surface area contributed by atoms with Crippen molar-refractivity contribution in [2.45, 2.75) is 31.6 Å². The summed E-state index contributed by atoms with van der Waals surface area (Å²) in [5.74, 6) is 0.736. The molecule has 1 N–H and O–H groups in total. The third-order valence-electron chi connectivity index (χ3n) is 6.39. The molecule has 0 bridgehead atoms. The SMILES string of the molecule is C[C@H]1C[C@H](C)CN(CCCNC(=O)c2ccc3c(c2)N(C)C(=O)/C(=C/c2ccccc2F)S3)C1. The predicted octanol–water partition coefficient (Wildman–Crippen LogP) is 5.03. The number of thioether (sulfide) groups is 1. The number of benzene rings is 2. The fraction of sp³-hybridized carbons (Fsp3) is 0.407. The van der Waals surface area contributed by atoms with Crippen molar-refractivity contribution in [2.24, 2.45) is 11.8 Å². The zero-order valence-corrected chi connectivity index (χ0v) is 20.8. The molecule has 0 radical (unpaired) electrons. The monoisotopic (exact) mass is 481 g/mol. The Morgan fingerprint density at radius 3 is 2.65 bits per heavy atom. The Bertz CT molecular complexity index is 1090.